The molecule has 1 atom stereocenters. The number of hydrogen-bond donors (Lipinski definition) is 1. The van der Waals surface area contributed by atoms with Crippen LogP contribution in [-0.2, 0) is 13.6 Å². The summed E-state index contributed by atoms with van der Waals surface area (Å²) in [6, 6.07) is 1.85. The van der Waals surface area contributed by atoms with Crippen molar-refractivity contribution in [1.29, 1.82) is 0 Å². The number of aliphatic hydroxyl groups excluding tert-OH is 1. The van der Waals surface area contributed by atoms with Crippen molar-refractivity contribution >= 4 is 0 Å². The average molecular weight is 234 g/mol. The molecule has 2 rings (SSSR count). The summed E-state index contributed by atoms with van der Waals surface area (Å²) in [4.78, 5) is 0. The molecular formula is C12H18N4O. The molecule has 0 aliphatic rings. The Labute approximate surface area is 101 Å². The normalized spacial score (nSPS) is 13.0. The minimum atomic E-state index is -0.661. The van der Waals surface area contributed by atoms with Gasteiger partial charge in [-0.3, -0.25) is 9.36 Å². The van der Waals surface area contributed by atoms with E-state index in [9.17, 15) is 5.11 Å². The second-order valence-corrected chi connectivity index (χ2v) is 4.18. The lowest BCUT2D eigenvalue weighted by atomic mass is 10.0. The first-order valence-electron chi connectivity index (χ1n) is 5.76. The average Bonchev–Trinajstić information content (AvgIpc) is 2.84. The van der Waals surface area contributed by atoms with Crippen LogP contribution in [0.2, 0.25) is 0 Å². The number of aromatic nitrogens is 4. The molecule has 1 N–H and O–H groups in total. The van der Waals surface area contributed by atoms with Crippen molar-refractivity contribution in [3.63, 3.8) is 0 Å². The highest BCUT2D eigenvalue weighted by Crippen LogP contribution is 2.26. The summed E-state index contributed by atoms with van der Waals surface area (Å²) in [5.74, 6) is 0. The molecule has 0 saturated carbocycles. The van der Waals surface area contributed by atoms with Gasteiger partial charge in [0, 0.05) is 31.0 Å². The van der Waals surface area contributed by atoms with Crippen LogP contribution >= 0.6 is 0 Å². The van der Waals surface area contributed by atoms with Crippen molar-refractivity contribution in [2.75, 3.05) is 0 Å². The molecule has 0 aromatic carbocycles. The molecule has 0 aliphatic heterocycles. The molecule has 0 saturated heterocycles. The monoisotopic (exact) mass is 234 g/mol. The lowest BCUT2D eigenvalue weighted by molar-refractivity contribution is 0.206. The maximum absolute atomic E-state index is 10.5. The second-order valence-electron chi connectivity index (χ2n) is 4.18. The molecule has 5 nitrogen and oxygen atoms in total. The minimum Gasteiger partial charge on any atom is -0.382 e. The molecule has 0 radical (unpaired) electrons. The first-order chi connectivity index (χ1) is 8.06. The molecule has 2 aromatic rings. The summed E-state index contributed by atoms with van der Waals surface area (Å²) in [6.45, 7) is 6.63. The van der Waals surface area contributed by atoms with Crippen LogP contribution in [0, 0.1) is 13.8 Å². The number of nitrogens with zero attached hydrogens (tertiary/aromatic N) is 4. The molecule has 0 bridgehead atoms. The van der Waals surface area contributed by atoms with E-state index in [2.05, 4.69) is 10.2 Å². The third kappa shape index (κ3) is 1.86. The van der Waals surface area contributed by atoms with Crippen LogP contribution in [0.5, 0.6) is 0 Å². The van der Waals surface area contributed by atoms with Crippen molar-refractivity contribution < 1.29 is 5.11 Å². The van der Waals surface area contributed by atoms with Crippen molar-refractivity contribution in [2.45, 2.75) is 33.4 Å². The molecule has 92 valence electrons. The Hall–Kier alpha value is -1.62. The van der Waals surface area contributed by atoms with Gasteiger partial charge in [0.25, 0.3) is 0 Å². The smallest absolute Gasteiger partial charge is 0.124 e. The molecule has 1 unspecified atom stereocenters. The molecule has 0 amide bonds. The van der Waals surface area contributed by atoms with Crippen molar-refractivity contribution in [3.05, 3.63) is 34.9 Å². The third-order valence-corrected chi connectivity index (χ3v) is 3.17. The highest BCUT2D eigenvalue weighted by molar-refractivity contribution is 5.32. The van der Waals surface area contributed by atoms with E-state index in [1.165, 1.54) is 0 Å². The fourth-order valence-electron chi connectivity index (χ4n) is 2.17. The van der Waals surface area contributed by atoms with Gasteiger partial charge in [0.2, 0.25) is 0 Å². The van der Waals surface area contributed by atoms with E-state index in [0.717, 1.165) is 29.2 Å². The maximum Gasteiger partial charge on any atom is 0.124 e. The molecular weight excluding hydrogens is 216 g/mol. The van der Waals surface area contributed by atoms with Crippen molar-refractivity contribution in [1.82, 2.24) is 19.6 Å². The highest BCUT2D eigenvalue weighted by Gasteiger charge is 2.22. The zero-order chi connectivity index (χ0) is 12.6. The Morgan fingerprint density at radius 1 is 1.41 bits per heavy atom. The largest absolute Gasteiger partial charge is 0.382 e. The first kappa shape index (κ1) is 11.9. The summed E-state index contributed by atoms with van der Waals surface area (Å²) in [7, 11) is 1.88. The van der Waals surface area contributed by atoms with Crippen LogP contribution in [0.4, 0.5) is 0 Å². The number of hydrogen-bond acceptors (Lipinski definition) is 3. The Bertz CT molecular complexity index is 527. The van der Waals surface area contributed by atoms with E-state index < -0.39 is 6.10 Å². The van der Waals surface area contributed by atoms with Crippen molar-refractivity contribution in [2.24, 2.45) is 7.05 Å². The Balaban J connectivity index is 2.47. The van der Waals surface area contributed by atoms with Gasteiger partial charge in [-0.2, -0.15) is 10.2 Å². The van der Waals surface area contributed by atoms with Gasteiger partial charge >= 0.3 is 0 Å². The molecule has 0 spiro atoms. The van der Waals surface area contributed by atoms with Crippen LogP contribution in [0.15, 0.2) is 12.3 Å². The van der Waals surface area contributed by atoms with Crippen LogP contribution in [0.1, 0.15) is 35.7 Å². The predicted octanol–water partition coefficient (Wildman–Crippen LogP) is 1.34. The topological polar surface area (TPSA) is 55.9 Å². The van der Waals surface area contributed by atoms with Gasteiger partial charge in [-0.25, -0.2) is 0 Å². The number of aryl methyl sites for hydroxylation is 3. The van der Waals surface area contributed by atoms with Gasteiger partial charge < -0.3 is 5.11 Å². The summed E-state index contributed by atoms with van der Waals surface area (Å²) in [5.41, 5.74) is 3.54. The van der Waals surface area contributed by atoms with Gasteiger partial charge in [0.1, 0.15) is 6.10 Å². The van der Waals surface area contributed by atoms with Crippen LogP contribution in [-0.4, -0.2) is 24.7 Å². The standard InChI is InChI=1S/C12H18N4O/c1-5-16-10(6-7-13-16)12(17)11-8(2)14-15(4)9(11)3/h6-7,12,17H,5H2,1-4H3. The first-order valence-corrected chi connectivity index (χ1v) is 5.76. The van der Waals surface area contributed by atoms with E-state index in [1.807, 2.05) is 33.9 Å². The van der Waals surface area contributed by atoms with Gasteiger partial charge in [0.05, 0.1) is 11.4 Å². The van der Waals surface area contributed by atoms with E-state index in [0.29, 0.717) is 0 Å². The zero-order valence-corrected chi connectivity index (χ0v) is 10.7. The highest BCUT2D eigenvalue weighted by atomic mass is 16.3. The number of rotatable bonds is 3. The molecule has 2 heterocycles. The molecule has 17 heavy (non-hydrogen) atoms. The summed E-state index contributed by atoms with van der Waals surface area (Å²) < 4.78 is 3.59. The van der Waals surface area contributed by atoms with E-state index >= 15 is 0 Å². The fourth-order valence-corrected chi connectivity index (χ4v) is 2.17. The van der Waals surface area contributed by atoms with E-state index in [1.54, 1.807) is 15.6 Å². The lowest BCUT2D eigenvalue weighted by Crippen LogP contribution is -2.10. The Kier molecular flexibility index (Phi) is 3.02. The quantitative estimate of drug-likeness (QED) is 0.871. The summed E-state index contributed by atoms with van der Waals surface area (Å²) in [5, 5.41) is 19.0. The van der Waals surface area contributed by atoms with Gasteiger partial charge in [-0.15, -0.1) is 0 Å². The van der Waals surface area contributed by atoms with Gasteiger partial charge in [-0.05, 0) is 26.8 Å². The third-order valence-electron chi connectivity index (χ3n) is 3.17. The Morgan fingerprint density at radius 2 is 2.12 bits per heavy atom. The zero-order valence-electron chi connectivity index (χ0n) is 10.7. The van der Waals surface area contributed by atoms with Crippen LogP contribution < -0.4 is 0 Å². The Morgan fingerprint density at radius 3 is 2.65 bits per heavy atom. The van der Waals surface area contributed by atoms with Gasteiger partial charge in [-0.1, -0.05) is 0 Å². The number of aliphatic hydroxyl groups is 1. The molecule has 0 fully saturated rings. The van der Waals surface area contributed by atoms with Crippen LogP contribution in [0.25, 0.3) is 0 Å². The van der Waals surface area contributed by atoms with Gasteiger partial charge in [0.15, 0.2) is 0 Å². The summed E-state index contributed by atoms with van der Waals surface area (Å²) in [6.07, 6.45) is 1.05. The maximum atomic E-state index is 10.5. The fraction of sp³-hybridized carbons (Fsp3) is 0.500. The SMILES string of the molecule is CCn1nccc1C(O)c1c(C)nn(C)c1C. The molecule has 0 aliphatic carbocycles. The van der Waals surface area contributed by atoms with E-state index in [-0.39, 0.29) is 0 Å². The minimum absolute atomic E-state index is 0.661. The molecule has 2 aromatic heterocycles. The molecule has 5 heteroatoms. The summed E-state index contributed by atoms with van der Waals surface area (Å²) >= 11 is 0. The second kappa shape index (κ2) is 4.33. The predicted molar refractivity (Wildman–Crippen MR) is 64.6 cm³/mol. The van der Waals surface area contributed by atoms with E-state index in [4.69, 9.17) is 0 Å². The van der Waals surface area contributed by atoms with Crippen molar-refractivity contribution in [3.8, 4) is 0 Å². The lowest BCUT2D eigenvalue weighted by Gasteiger charge is -2.13. The van der Waals surface area contributed by atoms with Crippen LogP contribution in [0.3, 0.4) is 0 Å².